The lowest BCUT2D eigenvalue weighted by Crippen LogP contribution is -2.37. The van der Waals surface area contributed by atoms with E-state index < -0.39 is 0 Å². The number of hydrogen-bond acceptors (Lipinski definition) is 6. The number of aromatic nitrogens is 2. The quantitative estimate of drug-likeness (QED) is 0.301. The van der Waals surface area contributed by atoms with Gasteiger partial charge in [-0.15, -0.1) is 0 Å². The molecule has 1 amide bonds. The molecule has 7 nitrogen and oxygen atoms in total. The topological polar surface area (TPSA) is 78.5 Å². The Labute approximate surface area is 226 Å². The molecular weight excluding hydrogens is 496 g/mol. The number of Topliss-reactive ketones (excluding diaryl/α,β-unsaturated/α-hetero) is 1. The molecule has 0 radical (unpaired) electrons. The molecule has 1 atom stereocenters. The molecule has 0 saturated carbocycles. The molecule has 38 heavy (non-hydrogen) atoms. The first-order valence-corrected chi connectivity index (χ1v) is 14.3. The molecule has 1 N–H and O–H groups in total. The van der Waals surface area contributed by atoms with E-state index >= 15 is 0 Å². The second kappa shape index (κ2) is 11.1. The summed E-state index contributed by atoms with van der Waals surface area (Å²) in [6.45, 7) is 3.44. The second-order valence-electron chi connectivity index (χ2n) is 10.3. The number of piperidine rings is 1. The van der Waals surface area contributed by atoms with E-state index in [-0.39, 0.29) is 17.9 Å². The number of rotatable bonds is 9. The Morgan fingerprint density at radius 2 is 1.87 bits per heavy atom. The van der Waals surface area contributed by atoms with Crippen LogP contribution in [0.2, 0.25) is 0 Å². The lowest BCUT2D eigenvalue weighted by molar-refractivity contribution is -0.123. The van der Waals surface area contributed by atoms with Gasteiger partial charge in [-0.3, -0.25) is 19.6 Å². The SMILES string of the molecule is O=CN1CCC(Oc2ccc(-c3n[nH]c4ccc(CC(=O)C(c5ccsc5)N5CCCC5)cc34)cc2)CC1. The van der Waals surface area contributed by atoms with Gasteiger partial charge in [0.1, 0.15) is 11.9 Å². The van der Waals surface area contributed by atoms with Crippen LogP contribution in [0.3, 0.4) is 0 Å². The van der Waals surface area contributed by atoms with E-state index in [0.29, 0.717) is 6.42 Å². The molecular formula is C30H32N4O3S. The van der Waals surface area contributed by atoms with E-state index in [1.165, 1.54) is 0 Å². The molecule has 2 aliphatic rings. The number of amides is 1. The van der Waals surface area contributed by atoms with E-state index in [0.717, 1.165) is 97.3 Å². The van der Waals surface area contributed by atoms with Crippen molar-refractivity contribution in [2.45, 2.75) is 44.2 Å². The lowest BCUT2D eigenvalue weighted by atomic mass is 9.97. The Bertz CT molecular complexity index is 1380. The van der Waals surface area contributed by atoms with Crippen LogP contribution in [0.1, 0.15) is 42.9 Å². The van der Waals surface area contributed by atoms with Crippen molar-refractivity contribution in [2.75, 3.05) is 26.2 Å². The Hall–Kier alpha value is -3.49. The number of benzene rings is 2. The van der Waals surface area contributed by atoms with Crippen molar-refractivity contribution in [3.05, 3.63) is 70.4 Å². The molecule has 1 unspecified atom stereocenters. The van der Waals surface area contributed by atoms with Crippen molar-refractivity contribution < 1.29 is 14.3 Å². The number of ether oxygens (including phenoxy) is 1. The van der Waals surface area contributed by atoms with Gasteiger partial charge in [-0.25, -0.2) is 0 Å². The zero-order chi connectivity index (χ0) is 25.9. The van der Waals surface area contributed by atoms with Gasteiger partial charge in [0, 0.05) is 43.3 Å². The number of likely N-dealkylation sites (tertiary alicyclic amines) is 2. The van der Waals surface area contributed by atoms with E-state index in [1.54, 1.807) is 16.2 Å². The molecule has 196 valence electrons. The summed E-state index contributed by atoms with van der Waals surface area (Å²) < 4.78 is 6.15. The standard InChI is InChI=1S/C30H32N4O3S/c35-20-33-14-9-25(10-15-33)37-24-6-4-22(5-7-24)29-26-17-21(3-8-27(26)31-32-29)18-28(36)30(23-11-16-38-19-23)34-12-1-2-13-34/h3-8,11,16-17,19-20,25,30H,1-2,9-10,12-15,18H2,(H,31,32). The van der Waals surface area contributed by atoms with Crippen LogP contribution in [0.25, 0.3) is 22.2 Å². The molecule has 2 aliphatic heterocycles. The summed E-state index contributed by atoms with van der Waals surface area (Å²) >= 11 is 1.65. The maximum absolute atomic E-state index is 13.6. The summed E-state index contributed by atoms with van der Waals surface area (Å²) in [7, 11) is 0. The molecule has 0 spiro atoms. The number of carbonyl (C=O) groups is 2. The molecule has 0 aliphatic carbocycles. The van der Waals surface area contributed by atoms with E-state index in [2.05, 4.69) is 38.0 Å². The number of H-pyrrole nitrogens is 1. The highest BCUT2D eigenvalue weighted by Crippen LogP contribution is 2.32. The van der Waals surface area contributed by atoms with Crippen LogP contribution in [0, 0.1) is 0 Å². The average molecular weight is 529 g/mol. The first-order chi connectivity index (χ1) is 18.7. The third kappa shape index (κ3) is 5.24. The Balaban J connectivity index is 1.18. The minimum Gasteiger partial charge on any atom is -0.490 e. The summed E-state index contributed by atoms with van der Waals surface area (Å²) in [5.41, 5.74) is 4.94. The fraction of sp³-hybridized carbons (Fsp3) is 0.367. The maximum atomic E-state index is 13.6. The summed E-state index contributed by atoms with van der Waals surface area (Å²) in [4.78, 5) is 28.6. The van der Waals surface area contributed by atoms with Gasteiger partial charge < -0.3 is 9.64 Å². The van der Waals surface area contributed by atoms with Gasteiger partial charge in [-0.1, -0.05) is 6.07 Å². The van der Waals surface area contributed by atoms with Gasteiger partial charge in [0.2, 0.25) is 6.41 Å². The fourth-order valence-corrected chi connectivity index (χ4v) is 6.38. The maximum Gasteiger partial charge on any atom is 0.209 e. The Morgan fingerprint density at radius 1 is 1.08 bits per heavy atom. The zero-order valence-corrected chi connectivity index (χ0v) is 22.2. The van der Waals surface area contributed by atoms with Crippen LogP contribution < -0.4 is 4.74 Å². The highest BCUT2D eigenvalue weighted by molar-refractivity contribution is 7.08. The van der Waals surface area contributed by atoms with Crippen LogP contribution in [-0.2, 0) is 16.0 Å². The third-order valence-corrected chi connectivity index (χ3v) is 8.43. The lowest BCUT2D eigenvalue weighted by Gasteiger charge is -2.29. The highest BCUT2D eigenvalue weighted by atomic mass is 32.1. The number of nitrogens with one attached hydrogen (secondary N) is 1. The molecule has 4 aromatic rings. The monoisotopic (exact) mass is 528 g/mol. The summed E-state index contributed by atoms with van der Waals surface area (Å²) in [6.07, 6.45) is 5.43. The average Bonchev–Trinajstić information content (AvgIpc) is 3.73. The molecule has 6 rings (SSSR count). The van der Waals surface area contributed by atoms with Gasteiger partial charge in [-0.2, -0.15) is 16.4 Å². The number of aromatic amines is 1. The van der Waals surface area contributed by atoms with E-state index in [4.69, 9.17) is 4.74 Å². The van der Waals surface area contributed by atoms with E-state index in [1.807, 2.05) is 36.4 Å². The largest absolute Gasteiger partial charge is 0.490 e. The number of fused-ring (bicyclic) bond motifs is 1. The predicted octanol–water partition coefficient (Wildman–Crippen LogP) is 5.24. The molecule has 4 heterocycles. The molecule has 8 heteroatoms. The predicted molar refractivity (Wildman–Crippen MR) is 149 cm³/mol. The molecule has 2 aromatic heterocycles. The first-order valence-electron chi connectivity index (χ1n) is 13.4. The van der Waals surface area contributed by atoms with Crippen LogP contribution >= 0.6 is 11.3 Å². The molecule has 2 fully saturated rings. The number of thiophene rings is 1. The normalized spacial score (nSPS) is 17.6. The van der Waals surface area contributed by atoms with Crippen molar-refractivity contribution >= 4 is 34.4 Å². The summed E-state index contributed by atoms with van der Waals surface area (Å²) in [5.74, 6) is 1.07. The number of nitrogens with zero attached hydrogens (tertiary/aromatic N) is 3. The van der Waals surface area contributed by atoms with Gasteiger partial charge in [0.25, 0.3) is 0 Å². The van der Waals surface area contributed by atoms with Gasteiger partial charge >= 0.3 is 0 Å². The number of ketones is 1. The summed E-state index contributed by atoms with van der Waals surface area (Å²) in [6, 6.07) is 16.1. The van der Waals surface area contributed by atoms with Crippen molar-refractivity contribution in [2.24, 2.45) is 0 Å². The fourth-order valence-electron chi connectivity index (χ4n) is 5.70. The van der Waals surface area contributed by atoms with Crippen molar-refractivity contribution in [1.82, 2.24) is 20.0 Å². The Morgan fingerprint density at radius 3 is 2.58 bits per heavy atom. The number of carbonyl (C=O) groups excluding carboxylic acids is 2. The molecule has 0 bridgehead atoms. The smallest absolute Gasteiger partial charge is 0.209 e. The Kier molecular flexibility index (Phi) is 7.25. The molecule has 2 aromatic carbocycles. The van der Waals surface area contributed by atoms with Crippen molar-refractivity contribution in [1.29, 1.82) is 0 Å². The third-order valence-electron chi connectivity index (χ3n) is 7.73. The van der Waals surface area contributed by atoms with Crippen molar-refractivity contribution in [3.63, 3.8) is 0 Å². The van der Waals surface area contributed by atoms with Gasteiger partial charge in [0.05, 0.1) is 17.3 Å². The first kappa shape index (κ1) is 24.8. The van der Waals surface area contributed by atoms with Crippen molar-refractivity contribution in [3.8, 4) is 17.0 Å². The second-order valence-corrected chi connectivity index (χ2v) is 11.1. The number of hydrogen-bond donors (Lipinski definition) is 1. The minimum atomic E-state index is -0.165. The zero-order valence-electron chi connectivity index (χ0n) is 21.3. The van der Waals surface area contributed by atoms with Gasteiger partial charge in [0.15, 0.2) is 5.78 Å². The van der Waals surface area contributed by atoms with Crippen LogP contribution in [-0.4, -0.2) is 64.5 Å². The molecule has 2 saturated heterocycles. The minimum absolute atomic E-state index is 0.127. The van der Waals surface area contributed by atoms with Crippen LogP contribution in [0.15, 0.2) is 59.3 Å². The highest BCUT2D eigenvalue weighted by Gasteiger charge is 2.30. The van der Waals surface area contributed by atoms with Crippen LogP contribution in [0.5, 0.6) is 5.75 Å². The van der Waals surface area contributed by atoms with E-state index in [9.17, 15) is 9.59 Å². The van der Waals surface area contributed by atoms with Gasteiger partial charge in [-0.05, 0) is 90.3 Å². The summed E-state index contributed by atoms with van der Waals surface area (Å²) in [5, 5.41) is 12.9. The van der Waals surface area contributed by atoms with Crippen LogP contribution in [0.4, 0.5) is 0 Å².